The Morgan fingerprint density at radius 2 is 1.83 bits per heavy atom. The monoisotopic (exact) mass is 253 g/mol. The van der Waals surface area contributed by atoms with Gasteiger partial charge in [0.2, 0.25) is 5.91 Å². The third-order valence-electron chi connectivity index (χ3n) is 2.40. The summed E-state index contributed by atoms with van der Waals surface area (Å²) in [5, 5.41) is 20.6. The van der Waals surface area contributed by atoms with E-state index in [4.69, 9.17) is 9.84 Å². The number of aromatic hydroxyl groups is 1. The Labute approximate surface area is 104 Å². The minimum Gasteiger partial charge on any atom is -0.508 e. The van der Waals surface area contributed by atoms with Gasteiger partial charge in [-0.15, -0.1) is 0 Å². The van der Waals surface area contributed by atoms with Crippen LogP contribution in [0.25, 0.3) is 0 Å². The number of methoxy groups -OCH3 is 1. The summed E-state index contributed by atoms with van der Waals surface area (Å²) in [6.45, 7) is 1.24. The van der Waals surface area contributed by atoms with E-state index in [0.29, 0.717) is 5.56 Å². The molecular formula is C12H15NO5. The molecule has 0 unspecified atom stereocenters. The molecule has 0 aliphatic carbocycles. The van der Waals surface area contributed by atoms with E-state index in [1.807, 2.05) is 0 Å². The largest absolute Gasteiger partial charge is 0.508 e. The maximum atomic E-state index is 11.1. The fourth-order valence-corrected chi connectivity index (χ4v) is 1.61. The fourth-order valence-electron chi connectivity index (χ4n) is 1.61. The third-order valence-corrected chi connectivity index (χ3v) is 2.40. The highest BCUT2D eigenvalue weighted by molar-refractivity contribution is 5.82. The first-order valence-corrected chi connectivity index (χ1v) is 5.27. The first-order chi connectivity index (χ1) is 8.45. The van der Waals surface area contributed by atoms with Gasteiger partial charge < -0.3 is 20.3 Å². The number of amides is 1. The molecule has 6 heteroatoms. The number of carboxylic acid groups (broad SMARTS) is 1. The van der Waals surface area contributed by atoms with Crippen molar-refractivity contribution in [2.75, 3.05) is 7.11 Å². The molecule has 0 aliphatic rings. The number of carbonyl (C=O) groups is 2. The number of hydrogen-bond donors (Lipinski definition) is 3. The number of phenols is 1. The Bertz CT molecular complexity index is 429. The number of aliphatic carboxylic acids is 1. The van der Waals surface area contributed by atoms with E-state index in [1.54, 1.807) is 12.1 Å². The van der Waals surface area contributed by atoms with Crippen molar-refractivity contribution in [3.63, 3.8) is 0 Å². The molecule has 0 spiro atoms. The van der Waals surface area contributed by atoms with Gasteiger partial charge in [0, 0.05) is 14.0 Å². The minimum atomic E-state index is -1.19. The number of nitrogens with one attached hydrogen (secondary N) is 1. The molecule has 2 atom stereocenters. The van der Waals surface area contributed by atoms with Crippen LogP contribution in [0, 0.1) is 0 Å². The summed E-state index contributed by atoms with van der Waals surface area (Å²) in [5.41, 5.74) is 0.552. The van der Waals surface area contributed by atoms with E-state index in [0.717, 1.165) is 0 Å². The van der Waals surface area contributed by atoms with Crippen molar-refractivity contribution in [1.82, 2.24) is 5.32 Å². The SMILES string of the molecule is CO[C@H](c1ccc(O)cc1)[C@@H](NC(C)=O)C(=O)O. The maximum absolute atomic E-state index is 11.1. The predicted molar refractivity (Wildman–Crippen MR) is 63.1 cm³/mol. The second-order valence-electron chi connectivity index (χ2n) is 3.76. The van der Waals surface area contributed by atoms with Crippen LogP contribution in [0.5, 0.6) is 5.75 Å². The van der Waals surface area contributed by atoms with Crippen molar-refractivity contribution in [1.29, 1.82) is 0 Å². The zero-order valence-corrected chi connectivity index (χ0v) is 10.1. The Balaban J connectivity index is 3.01. The molecule has 1 aromatic rings. The second-order valence-corrected chi connectivity index (χ2v) is 3.76. The highest BCUT2D eigenvalue weighted by Crippen LogP contribution is 2.23. The molecule has 0 saturated heterocycles. The van der Waals surface area contributed by atoms with Crippen molar-refractivity contribution >= 4 is 11.9 Å². The van der Waals surface area contributed by atoms with Crippen molar-refractivity contribution in [3.8, 4) is 5.75 Å². The van der Waals surface area contributed by atoms with Gasteiger partial charge in [0.25, 0.3) is 0 Å². The molecule has 0 aliphatic heterocycles. The van der Waals surface area contributed by atoms with Crippen molar-refractivity contribution in [2.45, 2.75) is 19.1 Å². The van der Waals surface area contributed by atoms with Gasteiger partial charge in [0.15, 0.2) is 6.04 Å². The standard InChI is InChI=1S/C12H15NO5/c1-7(14)13-10(12(16)17)11(18-2)8-3-5-9(15)6-4-8/h3-6,10-11,15H,1-2H3,(H,13,14)(H,16,17)/t10-,11-/m1/s1. The molecule has 1 amide bonds. The molecule has 0 saturated carbocycles. The van der Waals surface area contributed by atoms with Crippen molar-refractivity contribution < 1.29 is 24.5 Å². The number of phenolic OH excluding ortho intramolecular Hbond substituents is 1. The van der Waals surface area contributed by atoms with Gasteiger partial charge in [-0.2, -0.15) is 0 Å². The van der Waals surface area contributed by atoms with E-state index in [9.17, 15) is 14.7 Å². The van der Waals surface area contributed by atoms with E-state index in [-0.39, 0.29) is 5.75 Å². The number of carbonyl (C=O) groups excluding carboxylic acids is 1. The van der Waals surface area contributed by atoms with Gasteiger partial charge in [-0.05, 0) is 17.7 Å². The summed E-state index contributed by atoms with van der Waals surface area (Å²) in [6, 6.07) is 4.75. The van der Waals surface area contributed by atoms with Crippen LogP contribution in [0.2, 0.25) is 0 Å². The highest BCUT2D eigenvalue weighted by atomic mass is 16.5. The molecule has 0 heterocycles. The lowest BCUT2D eigenvalue weighted by Crippen LogP contribution is -2.44. The Morgan fingerprint density at radius 1 is 1.28 bits per heavy atom. The topological polar surface area (TPSA) is 95.9 Å². The first kappa shape index (κ1) is 14.0. The summed E-state index contributed by atoms with van der Waals surface area (Å²) in [6.07, 6.45) is -0.827. The molecule has 0 aromatic heterocycles. The molecule has 1 rings (SSSR count). The van der Waals surface area contributed by atoms with Crippen LogP contribution in [0.4, 0.5) is 0 Å². The van der Waals surface area contributed by atoms with Crippen molar-refractivity contribution in [2.24, 2.45) is 0 Å². The number of rotatable bonds is 5. The zero-order valence-electron chi connectivity index (χ0n) is 10.1. The first-order valence-electron chi connectivity index (χ1n) is 5.27. The van der Waals surface area contributed by atoms with Crippen LogP contribution >= 0.6 is 0 Å². The van der Waals surface area contributed by atoms with Gasteiger partial charge in [-0.3, -0.25) is 4.79 Å². The Hall–Kier alpha value is -2.08. The smallest absolute Gasteiger partial charge is 0.329 e. The minimum absolute atomic E-state index is 0.0694. The number of ether oxygens (including phenoxy) is 1. The molecule has 6 nitrogen and oxygen atoms in total. The summed E-state index contributed by atoms with van der Waals surface area (Å²) >= 11 is 0. The van der Waals surface area contributed by atoms with E-state index < -0.39 is 24.0 Å². The summed E-state index contributed by atoms with van der Waals surface area (Å²) in [5.74, 6) is -1.58. The summed E-state index contributed by atoms with van der Waals surface area (Å²) < 4.78 is 5.12. The lowest BCUT2D eigenvalue weighted by atomic mass is 10.0. The lowest BCUT2D eigenvalue weighted by molar-refractivity contribution is -0.145. The van der Waals surface area contributed by atoms with Crippen LogP contribution < -0.4 is 5.32 Å². The highest BCUT2D eigenvalue weighted by Gasteiger charge is 2.30. The average Bonchev–Trinajstić information content (AvgIpc) is 2.30. The Morgan fingerprint density at radius 3 is 2.22 bits per heavy atom. The Kier molecular flexibility index (Phi) is 4.67. The van der Waals surface area contributed by atoms with Gasteiger partial charge >= 0.3 is 5.97 Å². The van der Waals surface area contributed by atoms with Crippen LogP contribution in [-0.2, 0) is 14.3 Å². The van der Waals surface area contributed by atoms with Gasteiger partial charge in [0.05, 0.1) is 0 Å². The van der Waals surface area contributed by atoms with Gasteiger partial charge in [0.1, 0.15) is 11.9 Å². The number of hydrogen-bond acceptors (Lipinski definition) is 4. The summed E-state index contributed by atoms with van der Waals surface area (Å²) in [4.78, 5) is 22.1. The lowest BCUT2D eigenvalue weighted by Gasteiger charge is -2.23. The maximum Gasteiger partial charge on any atom is 0.329 e. The van der Waals surface area contributed by atoms with Crippen LogP contribution in [0.15, 0.2) is 24.3 Å². The van der Waals surface area contributed by atoms with Gasteiger partial charge in [-0.25, -0.2) is 4.79 Å². The molecule has 0 radical (unpaired) electrons. The molecular weight excluding hydrogens is 238 g/mol. The fraction of sp³-hybridized carbons (Fsp3) is 0.333. The van der Waals surface area contributed by atoms with Crippen LogP contribution in [-0.4, -0.2) is 35.2 Å². The zero-order chi connectivity index (χ0) is 13.7. The third kappa shape index (κ3) is 3.46. The van der Waals surface area contributed by atoms with E-state index in [1.165, 1.54) is 26.2 Å². The van der Waals surface area contributed by atoms with Crippen LogP contribution in [0.1, 0.15) is 18.6 Å². The van der Waals surface area contributed by atoms with Crippen molar-refractivity contribution in [3.05, 3.63) is 29.8 Å². The molecule has 1 aromatic carbocycles. The van der Waals surface area contributed by atoms with E-state index >= 15 is 0 Å². The van der Waals surface area contributed by atoms with E-state index in [2.05, 4.69) is 5.32 Å². The number of benzene rings is 1. The van der Waals surface area contributed by atoms with Crippen LogP contribution in [0.3, 0.4) is 0 Å². The second kappa shape index (κ2) is 6.02. The molecule has 98 valence electrons. The average molecular weight is 253 g/mol. The molecule has 18 heavy (non-hydrogen) atoms. The quantitative estimate of drug-likeness (QED) is 0.716. The normalized spacial score (nSPS) is 13.7. The summed E-state index contributed by atoms with van der Waals surface area (Å²) in [7, 11) is 1.36. The molecule has 3 N–H and O–H groups in total. The van der Waals surface area contributed by atoms with Gasteiger partial charge in [-0.1, -0.05) is 12.1 Å². The molecule has 0 fully saturated rings. The predicted octanol–water partition coefficient (Wildman–Crippen LogP) is 0.669. The molecule has 0 bridgehead atoms. The number of carboxylic acids is 1.